The fourth-order valence-corrected chi connectivity index (χ4v) is 7.40. The first kappa shape index (κ1) is 27.1. The quantitative estimate of drug-likeness (QED) is 0.355. The molecule has 0 aliphatic heterocycles. The van der Waals surface area contributed by atoms with Crippen molar-refractivity contribution >= 4 is 12.1 Å². The molecule has 0 N–H and O–H groups in total. The third-order valence-electron chi connectivity index (χ3n) is 9.84. The molecule has 182 valence electrons. The monoisotopic (exact) mass is 442 g/mol. The molecule has 0 bridgehead atoms. The zero-order chi connectivity index (χ0) is 24.1. The normalized spacial score (nSPS) is 36.6. The second-order valence-electron chi connectivity index (χ2n) is 11.4. The third kappa shape index (κ3) is 5.15. The highest BCUT2D eigenvalue weighted by Crippen LogP contribution is 2.62. The highest BCUT2D eigenvalue weighted by Gasteiger charge is 2.54. The first-order valence-electron chi connectivity index (χ1n) is 13.6. The van der Waals surface area contributed by atoms with Gasteiger partial charge >= 0.3 is 0 Å². The van der Waals surface area contributed by atoms with Gasteiger partial charge in [-0.1, -0.05) is 86.8 Å². The minimum Gasteiger partial charge on any atom is -0.303 e. The van der Waals surface area contributed by atoms with Crippen molar-refractivity contribution in [2.24, 2.45) is 46.3 Å². The zero-order valence-electron chi connectivity index (χ0n) is 22.2. The third-order valence-corrected chi connectivity index (χ3v) is 9.84. The lowest BCUT2D eigenvalue weighted by molar-refractivity contribution is -0.117. The van der Waals surface area contributed by atoms with Crippen molar-refractivity contribution < 1.29 is 9.59 Å². The fourth-order valence-electron chi connectivity index (χ4n) is 7.40. The lowest BCUT2D eigenvalue weighted by Gasteiger charge is -2.59. The van der Waals surface area contributed by atoms with Gasteiger partial charge in [0.15, 0.2) is 5.78 Å². The largest absolute Gasteiger partial charge is 0.303 e. The molecule has 3 rings (SSSR count). The van der Waals surface area contributed by atoms with E-state index in [1.165, 1.54) is 31.3 Å². The van der Waals surface area contributed by atoms with Gasteiger partial charge < -0.3 is 4.79 Å². The Bertz CT molecular complexity index is 704. The second-order valence-corrected chi connectivity index (χ2v) is 11.4. The minimum absolute atomic E-state index is 0.182. The number of carbonyl (C=O) groups is 2. The molecular weight excluding hydrogens is 392 g/mol. The highest BCUT2D eigenvalue weighted by molar-refractivity contribution is 5.92. The van der Waals surface area contributed by atoms with Crippen LogP contribution < -0.4 is 0 Å². The van der Waals surface area contributed by atoms with E-state index in [2.05, 4.69) is 46.8 Å². The molecule has 0 amide bonds. The van der Waals surface area contributed by atoms with E-state index in [4.69, 9.17) is 0 Å². The SMILES string of the molecule is CC.CCC1C2C=CC3=CC(=O)CCC3(C)C2CCC1(C)C(C)C(C)CCCC(C)C=O. The maximum atomic E-state index is 12.0. The van der Waals surface area contributed by atoms with Crippen molar-refractivity contribution in [2.75, 3.05) is 0 Å². The van der Waals surface area contributed by atoms with Crippen LogP contribution in [0.3, 0.4) is 0 Å². The summed E-state index contributed by atoms with van der Waals surface area (Å²) in [4.78, 5) is 23.0. The van der Waals surface area contributed by atoms with E-state index < -0.39 is 0 Å². The van der Waals surface area contributed by atoms with Gasteiger partial charge in [-0.3, -0.25) is 4.79 Å². The Hall–Kier alpha value is -1.18. The Morgan fingerprint density at radius 3 is 2.44 bits per heavy atom. The highest BCUT2D eigenvalue weighted by atomic mass is 16.1. The standard InChI is InChI=1S/C28H44O2.C2H6/c1-7-25-24-12-11-22-17-23(30)13-15-28(22,6)26(24)14-16-27(25,5)21(4)20(3)10-8-9-19(2)18-29;1-2/h11-12,17-21,24-26H,7-10,13-16H2,1-6H3;1-2H3. The number of rotatable bonds is 8. The zero-order valence-corrected chi connectivity index (χ0v) is 22.2. The number of fused-ring (bicyclic) bond motifs is 3. The Balaban J connectivity index is 0.00000176. The number of hydrogen-bond donors (Lipinski definition) is 0. The van der Waals surface area contributed by atoms with Crippen molar-refractivity contribution in [3.8, 4) is 0 Å². The number of carbonyl (C=O) groups excluding carboxylic acids is 2. The number of ketones is 1. The maximum absolute atomic E-state index is 12.0. The smallest absolute Gasteiger partial charge is 0.156 e. The predicted octanol–water partition coefficient (Wildman–Crippen LogP) is 8.21. The van der Waals surface area contributed by atoms with Crippen LogP contribution in [0.1, 0.15) is 107 Å². The molecule has 0 heterocycles. The summed E-state index contributed by atoms with van der Waals surface area (Å²) in [6, 6.07) is 0. The molecular formula is C30H50O2. The van der Waals surface area contributed by atoms with Crippen LogP contribution in [-0.2, 0) is 9.59 Å². The second kappa shape index (κ2) is 11.3. The average Bonchev–Trinajstić information content (AvgIpc) is 2.79. The molecule has 32 heavy (non-hydrogen) atoms. The topological polar surface area (TPSA) is 34.1 Å². The van der Waals surface area contributed by atoms with Crippen LogP contribution in [0.15, 0.2) is 23.8 Å². The number of hydrogen-bond acceptors (Lipinski definition) is 2. The van der Waals surface area contributed by atoms with Crippen molar-refractivity contribution in [1.29, 1.82) is 0 Å². The van der Waals surface area contributed by atoms with E-state index >= 15 is 0 Å². The summed E-state index contributed by atoms with van der Waals surface area (Å²) in [6.07, 6.45) is 16.8. The van der Waals surface area contributed by atoms with Crippen LogP contribution >= 0.6 is 0 Å². The van der Waals surface area contributed by atoms with Crippen LogP contribution in [0.2, 0.25) is 0 Å². The van der Waals surface area contributed by atoms with Crippen molar-refractivity contribution in [3.63, 3.8) is 0 Å². The van der Waals surface area contributed by atoms with Gasteiger partial charge in [-0.15, -0.1) is 0 Å². The van der Waals surface area contributed by atoms with Crippen molar-refractivity contribution in [2.45, 2.75) is 107 Å². The predicted molar refractivity (Wildman–Crippen MR) is 136 cm³/mol. The van der Waals surface area contributed by atoms with Crippen LogP contribution in [-0.4, -0.2) is 12.1 Å². The van der Waals surface area contributed by atoms with Crippen LogP contribution in [0, 0.1) is 46.3 Å². The van der Waals surface area contributed by atoms with Gasteiger partial charge in [0.25, 0.3) is 0 Å². The molecule has 3 aliphatic rings. The Labute approximate surface area is 198 Å². The van der Waals surface area contributed by atoms with Gasteiger partial charge in [-0.05, 0) is 77.8 Å². The minimum atomic E-state index is 0.182. The summed E-state index contributed by atoms with van der Waals surface area (Å²) >= 11 is 0. The first-order valence-corrected chi connectivity index (χ1v) is 13.6. The van der Waals surface area contributed by atoms with E-state index in [0.717, 1.165) is 32.0 Å². The first-order chi connectivity index (χ1) is 15.2. The van der Waals surface area contributed by atoms with E-state index in [1.807, 2.05) is 26.8 Å². The van der Waals surface area contributed by atoms with Gasteiger partial charge in [0.2, 0.25) is 0 Å². The molecule has 8 atom stereocenters. The lowest BCUT2D eigenvalue weighted by Crippen LogP contribution is -2.51. The van der Waals surface area contributed by atoms with E-state index in [1.54, 1.807) is 0 Å². The summed E-state index contributed by atoms with van der Waals surface area (Å²) < 4.78 is 0. The summed E-state index contributed by atoms with van der Waals surface area (Å²) in [5, 5.41) is 0. The lowest BCUT2D eigenvalue weighted by atomic mass is 9.46. The summed E-state index contributed by atoms with van der Waals surface area (Å²) in [5.41, 5.74) is 1.84. The molecule has 0 aromatic rings. The molecule has 0 saturated heterocycles. The molecule has 0 radical (unpaired) electrons. The van der Waals surface area contributed by atoms with E-state index in [9.17, 15) is 9.59 Å². The van der Waals surface area contributed by atoms with E-state index in [-0.39, 0.29) is 11.3 Å². The maximum Gasteiger partial charge on any atom is 0.156 e. The van der Waals surface area contributed by atoms with Gasteiger partial charge in [0.1, 0.15) is 6.29 Å². The van der Waals surface area contributed by atoms with Crippen molar-refractivity contribution in [1.82, 2.24) is 0 Å². The Morgan fingerprint density at radius 2 is 1.81 bits per heavy atom. The van der Waals surface area contributed by atoms with E-state index in [0.29, 0.717) is 40.8 Å². The Morgan fingerprint density at radius 1 is 1.12 bits per heavy atom. The number of allylic oxidation sites excluding steroid dienone is 4. The number of aldehydes is 1. The summed E-state index contributed by atoms with van der Waals surface area (Å²) in [5.74, 6) is 3.88. The van der Waals surface area contributed by atoms with Crippen LogP contribution in [0.4, 0.5) is 0 Å². The fraction of sp³-hybridized carbons (Fsp3) is 0.800. The summed E-state index contributed by atoms with van der Waals surface area (Å²) in [6.45, 7) is 18.4. The van der Waals surface area contributed by atoms with Gasteiger partial charge in [0, 0.05) is 12.3 Å². The Kier molecular flexibility index (Phi) is 9.56. The van der Waals surface area contributed by atoms with Gasteiger partial charge in [-0.2, -0.15) is 0 Å². The molecule has 0 aromatic heterocycles. The summed E-state index contributed by atoms with van der Waals surface area (Å²) in [7, 11) is 0. The van der Waals surface area contributed by atoms with Gasteiger partial charge in [-0.25, -0.2) is 0 Å². The van der Waals surface area contributed by atoms with Crippen LogP contribution in [0.25, 0.3) is 0 Å². The molecule has 0 aromatic carbocycles. The average molecular weight is 443 g/mol. The molecule has 0 spiro atoms. The van der Waals surface area contributed by atoms with Crippen molar-refractivity contribution in [3.05, 3.63) is 23.8 Å². The van der Waals surface area contributed by atoms with Crippen LogP contribution in [0.5, 0.6) is 0 Å². The molecule has 8 unspecified atom stereocenters. The van der Waals surface area contributed by atoms with Gasteiger partial charge in [0.05, 0.1) is 0 Å². The molecule has 2 heteroatoms. The molecule has 2 nitrogen and oxygen atoms in total. The molecule has 3 aliphatic carbocycles. The molecule has 1 fully saturated rings. The molecule has 1 saturated carbocycles.